The quantitative estimate of drug-likeness (QED) is 0.451. The summed E-state index contributed by atoms with van der Waals surface area (Å²) in [6.45, 7) is 9.04. The normalized spacial score (nSPS) is 22.1. The molecule has 0 bridgehead atoms. The number of urea groups is 1. The van der Waals surface area contributed by atoms with Crippen LogP contribution in [0.5, 0.6) is 5.75 Å². The average Bonchev–Trinajstić information content (AvgIpc) is 3.65. The number of hydrogen-bond acceptors (Lipinski definition) is 5. The van der Waals surface area contributed by atoms with E-state index in [2.05, 4.69) is 27.1 Å². The van der Waals surface area contributed by atoms with E-state index in [1.807, 2.05) is 50.2 Å². The molecule has 0 aliphatic carbocycles. The number of rotatable bonds is 5. The van der Waals surface area contributed by atoms with Gasteiger partial charge in [0.15, 0.2) is 0 Å². The van der Waals surface area contributed by atoms with Crippen LogP contribution in [0.4, 0.5) is 16.3 Å². The van der Waals surface area contributed by atoms with Crippen molar-refractivity contribution >= 4 is 23.8 Å². The predicted octanol–water partition coefficient (Wildman–Crippen LogP) is 4.37. The number of aryl methyl sites for hydroxylation is 1. The summed E-state index contributed by atoms with van der Waals surface area (Å²) in [4.78, 5) is 22.5. The van der Waals surface area contributed by atoms with Crippen LogP contribution in [0.15, 0.2) is 35.5 Å². The van der Waals surface area contributed by atoms with Gasteiger partial charge in [0.05, 0.1) is 17.5 Å². The minimum Gasteiger partial charge on any atom is -0.489 e. The molecule has 9 nitrogen and oxygen atoms in total. The van der Waals surface area contributed by atoms with Crippen LogP contribution in [-0.2, 0) is 18.4 Å². The van der Waals surface area contributed by atoms with Crippen LogP contribution in [0, 0.1) is 0 Å². The highest BCUT2D eigenvalue weighted by atomic mass is 16.5. The summed E-state index contributed by atoms with van der Waals surface area (Å²) in [5, 5.41) is 7.96. The number of nitrogen functional groups attached to an aromatic ring is 1. The maximum Gasteiger partial charge on any atom is 0.317 e. The van der Waals surface area contributed by atoms with Crippen molar-refractivity contribution < 1.29 is 9.53 Å². The molecule has 1 aromatic carbocycles. The van der Waals surface area contributed by atoms with Gasteiger partial charge in [-0.3, -0.25) is 4.68 Å². The van der Waals surface area contributed by atoms with Crippen molar-refractivity contribution in [1.82, 2.24) is 25.0 Å². The minimum atomic E-state index is 0.00385. The number of benzene rings is 1. The molecule has 3 aromatic rings. The standard InChI is InChI=1S/C28H35N7O2/c1-4-30-27(36)34-9-7-28(16-34)8-10-35-25(28)13-23(33-35)19-11-20-21(15-32-26(20)31-14-19)18-5-6-24(22(29)12-18)37-17(2)3/h5-6,12-15,17,19,32H,4,7-11,16,29H2,1-3H3,(H,30,36). The Bertz CT molecular complexity index is 1370. The molecule has 5 heterocycles. The molecule has 1 fully saturated rings. The van der Waals surface area contributed by atoms with E-state index >= 15 is 0 Å². The van der Waals surface area contributed by atoms with Crippen molar-refractivity contribution in [3.63, 3.8) is 0 Å². The first kappa shape index (κ1) is 23.6. The third-order valence-electron chi connectivity index (χ3n) is 7.95. The van der Waals surface area contributed by atoms with Gasteiger partial charge < -0.3 is 25.7 Å². The fourth-order valence-corrected chi connectivity index (χ4v) is 6.10. The number of amides is 2. The zero-order valence-electron chi connectivity index (χ0n) is 21.8. The van der Waals surface area contributed by atoms with Crippen LogP contribution in [0.2, 0.25) is 0 Å². The Labute approximate surface area is 217 Å². The SMILES string of the molecule is CCNC(=O)N1CCC2(CCn3nc(C4C=Nc5[nH]cc(-c6ccc(OC(C)C)c(N)c6)c5C4)cc32)C1. The molecule has 2 unspecified atom stereocenters. The molecule has 1 spiro atoms. The van der Waals surface area contributed by atoms with Gasteiger partial charge >= 0.3 is 6.03 Å². The Kier molecular flexibility index (Phi) is 5.73. The number of nitrogens with one attached hydrogen (secondary N) is 2. The summed E-state index contributed by atoms with van der Waals surface area (Å²) in [5.41, 5.74) is 12.6. The van der Waals surface area contributed by atoms with Crippen LogP contribution >= 0.6 is 0 Å². The Balaban J connectivity index is 1.24. The maximum atomic E-state index is 12.4. The Morgan fingerprint density at radius 1 is 1.30 bits per heavy atom. The number of carbonyl (C=O) groups is 1. The monoisotopic (exact) mass is 501 g/mol. The number of nitrogens with zero attached hydrogens (tertiary/aromatic N) is 4. The number of aliphatic imine (C=N–C) groups is 1. The second-order valence-electron chi connectivity index (χ2n) is 10.8. The zero-order valence-corrected chi connectivity index (χ0v) is 21.8. The van der Waals surface area contributed by atoms with Crippen LogP contribution in [0.3, 0.4) is 0 Å². The van der Waals surface area contributed by atoms with E-state index in [4.69, 9.17) is 20.6 Å². The lowest BCUT2D eigenvalue weighted by molar-refractivity contribution is 0.206. The molecular weight excluding hydrogens is 466 g/mol. The van der Waals surface area contributed by atoms with Gasteiger partial charge in [0, 0.05) is 66.7 Å². The van der Waals surface area contributed by atoms with Crippen molar-refractivity contribution in [2.24, 2.45) is 4.99 Å². The predicted molar refractivity (Wildman–Crippen MR) is 145 cm³/mol. The highest BCUT2D eigenvalue weighted by Crippen LogP contribution is 2.44. The summed E-state index contributed by atoms with van der Waals surface area (Å²) in [7, 11) is 0. The smallest absolute Gasteiger partial charge is 0.317 e. The second kappa shape index (κ2) is 8.97. The fourth-order valence-electron chi connectivity index (χ4n) is 6.10. The number of ether oxygens (including phenoxy) is 1. The topological polar surface area (TPSA) is 114 Å². The summed E-state index contributed by atoms with van der Waals surface area (Å²) in [6.07, 6.45) is 6.93. The van der Waals surface area contributed by atoms with Gasteiger partial charge in [0.1, 0.15) is 11.6 Å². The third-order valence-corrected chi connectivity index (χ3v) is 7.95. The molecule has 4 N–H and O–H groups in total. The number of aromatic nitrogens is 3. The van der Waals surface area contributed by atoms with Crippen LogP contribution in [0.1, 0.15) is 56.5 Å². The number of nitrogens with two attached hydrogens (primary N) is 1. The maximum absolute atomic E-state index is 12.4. The molecule has 0 saturated carbocycles. The van der Waals surface area contributed by atoms with E-state index in [0.29, 0.717) is 18.0 Å². The van der Waals surface area contributed by atoms with Crippen LogP contribution in [0.25, 0.3) is 11.1 Å². The molecule has 2 amide bonds. The third kappa shape index (κ3) is 4.06. The van der Waals surface area contributed by atoms with Crippen molar-refractivity contribution in [2.45, 2.75) is 64.0 Å². The molecule has 37 heavy (non-hydrogen) atoms. The molecular formula is C28H35N7O2. The van der Waals surface area contributed by atoms with E-state index in [-0.39, 0.29) is 23.5 Å². The number of aromatic amines is 1. The molecule has 9 heteroatoms. The van der Waals surface area contributed by atoms with Gasteiger partial charge in [-0.15, -0.1) is 0 Å². The summed E-state index contributed by atoms with van der Waals surface area (Å²) < 4.78 is 7.97. The van der Waals surface area contributed by atoms with E-state index in [1.54, 1.807) is 0 Å². The molecule has 6 rings (SSSR count). The number of H-pyrrole nitrogens is 1. The van der Waals surface area contributed by atoms with Gasteiger partial charge in [-0.2, -0.15) is 5.10 Å². The minimum absolute atomic E-state index is 0.00385. The van der Waals surface area contributed by atoms with E-state index in [9.17, 15) is 4.79 Å². The van der Waals surface area contributed by atoms with Crippen LogP contribution < -0.4 is 15.8 Å². The van der Waals surface area contributed by atoms with Gasteiger partial charge in [-0.1, -0.05) is 6.07 Å². The zero-order chi connectivity index (χ0) is 25.7. The fraction of sp³-hybridized carbons (Fsp3) is 0.464. The Morgan fingerprint density at radius 2 is 2.14 bits per heavy atom. The second-order valence-corrected chi connectivity index (χ2v) is 10.8. The molecule has 1 saturated heterocycles. The first-order chi connectivity index (χ1) is 17.9. The number of fused-ring (bicyclic) bond motifs is 3. The highest BCUT2D eigenvalue weighted by Gasteiger charge is 2.47. The Morgan fingerprint density at radius 3 is 2.92 bits per heavy atom. The summed E-state index contributed by atoms with van der Waals surface area (Å²) >= 11 is 0. The lowest BCUT2D eigenvalue weighted by Gasteiger charge is -2.23. The lowest BCUT2D eigenvalue weighted by atomic mass is 9.82. The number of anilines is 1. The molecule has 194 valence electrons. The summed E-state index contributed by atoms with van der Waals surface area (Å²) in [5.74, 6) is 1.70. The van der Waals surface area contributed by atoms with Crippen molar-refractivity contribution in [3.8, 4) is 16.9 Å². The molecule has 0 radical (unpaired) electrons. The number of carbonyl (C=O) groups excluding carboxylic acids is 1. The van der Waals surface area contributed by atoms with Crippen LogP contribution in [-0.4, -0.2) is 57.6 Å². The van der Waals surface area contributed by atoms with E-state index in [0.717, 1.165) is 61.5 Å². The summed E-state index contributed by atoms with van der Waals surface area (Å²) in [6, 6.07) is 8.27. The van der Waals surface area contributed by atoms with Crippen molar-refractivity contribution in [1.29, 1.82) is 0 Å². The molecule has 2 atom stereocenters. The van der Waals surface area contributed by atoms with E-state index < -0.39 is 0 Å². The molecule has 3 aliphatic rings. The van der Waals surface area contributed by atoms with Gasteiger partial charge in [-0.25, -0.2) is 9.79 Å². The number of likely N-dealkylation sites (tertiary alicyclic amines) is 1. The Hall–Kier alpha value is -3.75. The molecule has 3 aliphatic heterocycles. The molecule has 2 aromatic heterocycles. The van der Waals surface area contributed by atoms with E-state index in [1.165, 1.54) is 11.3 Å². The van der Waals surface area contributed by atoms with Gasteiger partial charge in [0.25, 0.3) is 0 Å². The lowest BCUT2D eigenvalue weighted by Crippen LogP contribution is -2.40. The largest absolute Gasteiger partial charge is 0.489 e. The first-order valence-corrected chi connectivity index (χ1v) is 13.3. The highest BCUT2D eigenvalue weighted by molar-refractivity contribution is 5.82. The van der Waals surface area contributed by atoms with Crippen molar-refractivity contribution in [2.75, 3.05) is 25.4 Å². The number of hydrogen-bond donors (Lipinski definition) is 3. The first-order valence-electron chi connectivity index (χ1n) is 13.3. The van der Waals surface area contributed by atoms with Crippen molar-refractivity contribution in [3.05, 3.63) is 47.4 Å². The average molecular weight is 502 g/mol. The van der Waals surface area contributed by atoms with Gasteiger partial charge in [-0.05, 0) is 63.8 Å². The van der Waals surface area contributed by atoms with Gasteiger partial charge in [0.2, 0.25) is 0 Å².